The lowest BCUT2D eigenvalue weighted by molar-refractivity contribution is 0.0950. The molecule has 2 N–H and O–H groups in total. The summed E-state index contributed by atoms with van der Waals surface area (Å²) in [6.07, 6.45) is 4.87. The van der Waals surface area contributed by atoms with E-state index in [-0.39, 0.29) is 5.91 Å². The summed E-state index contributed by atoms with van der Waals surface area (Å²) in [6.45, 7) is 0. The zero-order chi connectivity index (χ0) is 17.8. The topological polar surface area (TPSA) is 83.0 Å². The van der Waals surface area contributed by atoms with Gasteiger partial charge in [-0.15, -0.1) is 0 Å². The van der Waals surface area contributed by atoms with Gasteiger partial charge in [0.2, 0.25) is 0 Å². The van der Waals surface area contributed by atoms with Gasteiger partial charge in [-0.05, 0) is 29.0 Å². The number of nitrogens with zero attached hydrogens (tertiary/aromatic N) is 3. The molecule has 1 amide bonds. The Balaban J connectivity index is 1.49. The molecule has 6 heteroatoms. The molecule has 0 radical (unpaired) electrons. The van der Waals surface area contributed by atoms with Crippen LogP contribution in [0.25, 0.3) is 22.0 Å². The molecule has 4 rings (SSSR count). The Morgan fingerprint density at radius 2 is 1.92 bits per heavy atom. The molecule has 0 fully saturated rings. The number of aromatic amines is 1. The van der Waals surface area contributed by atoms with Gasteiger partial charge in [0.1, 0.15) is 5.69 Å². The molecule has 0 aliphatic heterocycles. The minimum absolute atomic E-state index is 0.344. The number of pyridine rings is 1. The van der Waals surface area contributed by atoms with Crippen molar-refractivity contribution >= 4 is 22.9 Å². The Bertz CT molecular complexity index is 1090. The highest BCUT2D eigenvalue weighted by molar-refractivity contribution is 5.94. The van der Waals surface area contributed by atoms with Gasteiger partial charge in [-0.3, -0.25) is 14.9 Å². The summed E-state index contributed by atoms with van der Waals surface area (Å²) in [6, 6.07) is 19.5. The molecule has 2 heterocycles. The van der Waals surface area contributed by atoms with E-state index in [2.05, 4.69) is 31.8 Å². The summed E-state index contributed by atoms with van der Waals surface area (Å²) in [5.41, 5.74) is 5.27. The normalized spacial score (nSPS) is 11.1. The van der Waals surface area contributed by atoms with Crippen LogP contribution in [0.5, 0.6) is 0 Å². The molecule has 126 valence electrons. The van der Waals surface area contributed by atoms with Crippen LogP contribution in [0.2, 0.25) is 0 Å². The molecule has 6 nitrogen and oxygen atoms in total. The first kappa shape index (κ1) is 15.7. The van der Waals surface area contributed by atoms with Crippen molar-refractivity contribution in [2.45, 2.75) is 0 Å². The van der Waals surface area contributed by atoms with Crippen LogP contribution in [0, 0.1) is 0 Å². The number of H-pyrrole nitrogens is 1. The molecule has 26 heavy (non-hydrogen) atoms. The zero-order valence-electron chi connectivity index (χ0n) is 13.8. The van der Waals surface area contributed by atoms with E-state index in [1.165, 1.54) is 6.21 Å². The molecule has 0 spiro atoms. The van der Waals surface area contributed by atoms with E-state index >= 15 is 0 Å². The average Bonchev–Trinajstić information content (AvgIpc) is 3.19. The summed E-state index contributed by atoms with van der Waals surface area (Å²) in [7, 11) is 0. The fraction of sp³-hybridized carbons (Fsp3) is 0. The minimum Gasteiger partial charge on any atom is -0.272 e. The number of hydrogen-bond donors (Lipinski definition) is 2. The van der Waals surface area contributed by atoms with Crippen molar-refractivity contribution in [2.75, 3.05) is 0 Å². The molecule has 2 aromatic heterocycles. The molecule has 0 saturated heterocycles. The molecule has 0 aliphatic carbocycles. The highest BCUT2D eigenvalue weighted by Gasteiger charge is 2.10. The number of rotatable bonds is 4. The number of carbonyl (C=O) groups excluding carboxylic acids is 1. The summed E-state index contributed by atoms with van der Waals surface area (Å²) >= 11 is 0. The van der Waals surface area contributed by atoms with Gasteiger partial charge in [0.25, 0.3) is 5.91 Å². The van der Waals surface area contributed by atoms with Gasteiger partial charge >= 0.3 is 0 Å². The summed E-state index contributed by atoms with van der Waals surface area (Å²) < 4.78 is 0. The lowest BCUT2D eigenvalue weighted by Crippen LogP contribution is -2.18. The maximum Gasteiger partial charge on any atom is 0.289 e. The number of hydrogen-bond acceptors (Lipinski definition) is 4. The molecule has 2 aromatic carbocycles. The molecule has 0 aliphatic rings. The molecule has 4 aromatic rings. The monoisotopic (exact) mass is 341 g/mol. The highest BCUT2D eigenvalue weighted by Crippen LogP contribution is 2.23. The van der Waals surface area contributed by atoms with Crippen molar-refractivity contribution in [1.82, 2.24) is 20.6 Å². The van der Waals surface area contributed by atoms with Gasteiger partial charge < -0.3 is 0 Å². The van der Waals surface area contributed by atoms with Crippen LogP contribution in [0.15, 0.2) is 78.2 Å². The van der Waals surface area contributed by atoms with Crippen LogP contribution in [0.4, 0.5) is 0 Å². The van der Waals surface area contributed by atoms with Crippen molar-refractivity contribution in [2.24, 2.45) is 5.10 Å². The zero-order valence-corrected chi connectivity index (χ0v) is 13.8. The van der Waals surface area contributed by atoms with Crippen LogP contribution >= 0.6 is 0 Å². The summed E-state index contributed by atoms with van der Waals surface area (Å²) in [4.78, 5) is 16.2. The van der Waals surface area contributed by atoms with E-state index in [4.69, 9.17) is 0 Å². The standard InChI is InChI=1S/C20H15N5O/c26-20(25-22-13-14-4-3-9-21-12-14)19-11-18(23-24-19)17-8-7-15-5-1-2-6-16(15)10-17/h1-13H,(H,23,24)(H,25,26)/b22-13-. The fourth-order valence-electron chi connectivity index (χ4n) is 2.61. The maximum absolute atomic E-state index is 12.2. The number of nitrogens with one attached hydrogen (secondary N) is 2. The first-order chi connectivity index (χ1) is 12.8. The number of fused-ring (bicyclic) bond motifs is 1. The molecule has 0 unspecified atom stereocenters. The van der Waals surface area contributed by atoms with Crippen LogP contribution in [-0.2, 0) is 0 Å². The van der Waals surface area contributed by atoms with E-state index in [9.17, 15) is 4.79 Å². The van der Waals surface area contributed by atoms with E-state index in [1.54, 1.807) is 24.5 Å². The van der Waals surface area contributed by atoms with Gasteiger partial charge in [0.05, 0.1) is 11.9 Å². The second kappa shape index (κ2) is 6.98. The smallest absolute Gasteiger partial charge is 0.272 e. The Hall–Kier alpha value is -3.80. The number of carbonyl (C=O) groups is 1. The van der Waals surface area contributed by atoms with E-state index in [1.807, 2.05) is 42.5 Å². The van der Waals surface area contributed by atoms with Crippen LogP contribution in [-0.4, -0.2) is 27.3 Å². The van der Waals surface area contributed by atoms with Crippen molar-refractivity contribution in [3.05, 3.63) is 84.3 Å². The average molecular weight is 341 g/mol. The molecular formula is C20H15N5O. The Kier molecular flexibility index (Phi) is 4.22. The third-order valence-corrected chi connectivity index (χ3v) is 3.93. The molecular weight excluding hydrogens is 326 g/mol. The van der Waals surface area contributed by atoms with Gasteiger partial charge in [-0.1, -0.05) is 42.5 Å². The molecule has 0 bridgehead atoms. The largest absolute Gasteiger partial charge is 0.289 e. The Morgan fingerprint density at radius 1 is 1.04 bits per heavy atom. The number of amides is 1. The lowest BCUT2D eigenvalue weighted by atomic mass is 10.1. The van der Waals surface area contributed by atoms with Gasteiger partial charge in [0.15, 0.2) is 0 Å². The van der Waals surface area contributed by atoms with E-state index < -0.39 is 0 Å². The summed E-state index contributed by atoms with van der Waals surface area (Å²) in [5.74, 6) is -0.357. The number of hydrazone groups is 1. The van der Waals surface area contributed by atoms with Crippen LogP contribution in [0.1, 0.15) is 16.1 Å². The third-order valence-electron chi connectivity index (χ3n) is 3.93. The van der Waals surface area contributed by atoms with Crippen molar-refractivity contribution < 1.29 is 4.79 Å². The Labute approximate surface area is 149 Å². The first-order valence-electron chi connectivity index (χ1n) is 8.07. The van der Waals surface area contributed by atoms with Crippen LogP contribution < -0.4 is 5.43 Å². The quantitative estimate of drug-likeness (QED) is 0.441. The van der Waals surface area contributed by atoms with Crippen molar-refractivity contribution in [1.29, 1.82) is 0 Å². The van der Waals surface area contributed by atoms with Crippen molar-refractivity contribution in [3.63, 3.8) is 0 Å². The lowest BCUT2D eigenvalue weighted by Gasteiger charge is -2.00. The first-order valence-corrected chi connectivity index (χ1v) is 8.07. The van der Waals surface area contributed by atoms with Gasteiger partial charge in [0, 0.05) is 23.5 Å². The minimum atomic E-state index is -0.357. The second-order valence-electron chi connectivity index (χ2n) is 5.71. The SMILES string of the molecule is O=C(N/N=C\c1cccnc1)c1cc(-c2ccc3ccccc3c2)n[nH]1. The van der Waals surface area contributed by atoms with E-state index in [0.29, 0.717) is 11.4 Å². The van der Waals surface area contributed by atoms with Crippen LogP contribution in [0.3, 0.4) is 0 Å². The van der Waals surface area contributed by atoms with Crippen molar-refractivity contribution in [3.8, 4) is 11.3 Å². The van der Waals surface area contributed by atoms with E-state index in [0.717, 1.165) is 21.9 Å². The van der Waals surface area contributed by atoms with Gasteiger partial charge in [-0.25, -0.2) is 5.43 Å². The molecule has 0 saturated carbocycles. The third kappa shape index (κ3) is 3.34. The highest BCUT2D eigenvalue weighted by atomic mass is 16.2. The Morgan fingerprint density at radius 3 is 2.77 bits per heavy atom. The number of aromatic nitrogens is 3. The maximum atomic E-state index is 12.2. The fourth-order valence-corrected chi connectivity index (χ4v) is 2.61. The second-order valence-corrected chi connectivity index (χ2v) is 5.71. The van der Waals surface area contributed by atoms with Gasteiger partial charge in [-0.2, -0.15) is 10.2 Å². The summed E-state index contributed by atoms with van der Waals surface area (Å²) in [5, 5.41) is 13.2. The predicted molar refractivity (Wildman–Crippen MR) is 101 cm³/mol. The molecule has 0 atom stereocenters. The number of benzene rings is 2. The predicted octanol–water partition coefficient (Wildman–Crippen LogP) is 3.39.